The van der Waals surface area contributed by atoms with E-state index in [1.807, 2.05) is 6.92 Å². The topological polar surface area (TPSA) is 117 Å². The van der Waals surface area contributed by atoms with Crippen molar-refractivity contribution in [2.75, 3.05) is 13.7 Å². The molecule has 1 aromatic carbocycles. The average molecular weight is 430 g/mol. The quantitative estimate of drug-likeness (QED) is 0.369. The Morgan fingerprint density at radius 1 is 1.28 bits per heavy atom. The summed E-state index contributed by atoms with van der Waals surface area (Å²) >= 11 is 1.25. The van der Waals surface area contributed by atoms with Gasteiger partial charge in [-0.25, -0.2) is 0 Å². The Hall–Kier alpha value is -3.28. The van der Waals surface area contributed by atoms with Crippen LogP contribution in [0, 0.1) is 17.0 Å². The van der Waals surface area contributed by atoms with E-state index in [-0.39, 0.29) is 11.3 Å². The van der Waals surface area contributed by atoms with E-state index in [0.717, 1.165) is 24.1 Å². The van der Waals surface area contributed by atoms with E-state index in [1.54, 1.807) is 12.1 Å². The molecular formula is C17H16F2N2O7S. The molecule has 2 aromatic rings. The maximum Gasteiger partial charge on any atom is 0.387 e. The summed E-state index contributed by atoms with van der Waals surface area (Å²) in [5, 5.41) is 13.6. The Bertz CT molecular complexity index is 917. The van der Waals surface area contributed by atoms with Crippen LogP contribution in [-0.4, -0.2) is 37.1 Å². The molecule has 1 heterocycles. The van der Waals surface area contributed by atoms with Crippen molar-refractivity contribution < 1.29 is 37.5 Å². The third kappa shape index (κ3) is 6.10. The van der Waals surface area contributed by atoms with E-state index in [2.05, 4.69) is 10.1 Å². The number of carbonyl (C=O) groups is 2. The zero-order valence-electron chi connectivity index (χ0n) is 15.3. The number of hydrogen-bond donors (Lipinski definition) is 1. The van der Waals surface area contributed by atoms with Crippen molar-refractivity contribution in [3.63, 3.8) is 0 Å². The number of hydrogen-bond acceptors (Lipinski definition) is 8. The monoisotopic (exact) mass is 430 g/mol. The van der Waals surface area contributed by atoms with Crippen molar-refractivity contribution in [1.29, 1.82) is 0 Å². The molecule has 2 rings (SSSR count). The predicted octanol–water partition coefficient (Wildman–Crippen LogP) is 3.05. The van der Waals surface area contributed by atoms with Gasteiger partial charge in [-0.1, -0.05) is 0 Å². The Morgan fingerprint density at radius 2 is 2.00 bits per heavy atom. The molecule has 0 aliphatic carbocycles. The smallest absolute Gasteiger partial charge is 0.387 e. The third-order valence-electron chi connectivity index (χ3n) is 3.52. The molecule has 0 aliphatic rings. The van der Waals surface area contributed by atoms with Gasteiger partial charge in [0.1, 0.15) is 13.2 Å². The number of nitro benzene ring substituents is 1. The minimum absolute atomic E-state index is 0.0953. The van der Waals surface area contributed by atoms with Crippen LogP contribution in [0.1, 0.15) is 20.1 Å². The van der Waals surface area contributed by atoms with Crippen molar-refractivity contribution in [2.24, 2.45) is 0 Å². The van der Waals surface area contributed by atoms with Gasteiger partial charge in [-0.2, -0.15) is 8.78 Å². The first-order chi connectivity index (χ1) is 13.7. The van der Waals surface area contributed by atoms with E-state index >= 15 is 0 Å². The number of alkyl halides is 2. The molecule has 0 unspecified atom stereocenters. The number of methoxy groups -OCH3 is 1. The molecule has 0 saturated heterocycles. The molecule has 0 fully saturated rings. The molecule has 0 radical (unpaired) electrons. The zero-order chi connectivity index (χ0) is 21.6. The minimum atomic E-state index is -3.21. The number of ether oxygens (including phenoxy) is 3. The van der Waals surface area contributed by atoms with Crippen LogP contribution in [-0.2, 0) is 16.1 Å². The summed E-state index contributed by atoms with van der Waals surface area (Å²) in [4.78, 5) is 35.5. The number of halogens is 2. The lowest BCUT2D eigenvalue weighted by atomic mass is 10.1. The number of nitro groups is 1. The van der Waals surface area contributed by atoms with Gasteiger partial charge in [0.25, 0.3) is 11.6 Å². The van der Waals surface area contributed by atoms with E-state index in [9.17, 15) is 28.5 Å². The van der Waals surface area contributed by atoms with Gasteiger partial charge in [0, 0.05) is 4.88 Å². The van der Waals surface area contributed by atoms with E-state index < -0.39 is 48.0 Å². The van der Waals surface area contributed by atoms with E-state index in [0.29, 0.717) is 4.88 Å². The van der Waals surface area contributed by atoms with Gasteiger partial charge < -0.3 is 19.5 Å². The summed E-state index contributed by atoms with van der Waals surface area (Å²) in [6.45, 7) is -2.36. The summed E-state index contributed by atoms with van der Waals surface area (Å²) in [5.41, 5.74) is -0.686. The number of carbonyl (C=O) groups excluding carboxylic acids is 2. The van der Waals surface area contributed by atoms with Crippen molar-refractivity contribution >= 4 is 28.9 Å². The predicted molar refractivity (Wildman–Crippen MR) is 97.5 cm³/mol. The lowest BCUT2D eigenvalue weighted by molar-refractivity contribution is -0.386. The molecule has 9 nitrogen and oxygen atoms in total. The molecule has 156 valence electrons. The highest BCUT2D eigenvalue weighted by molar-refractivity contribution is 7.13. The largest absolute Gasteiger partial charge is 0.493 e. The van der Waals surface area contributed by atoms with Crippen LogP contribution >= 0.6 is 11.3 Å². The number of benzene rings is 1. The van der Waals surface area contributed by atoms with Gasteiger partial charge in [-0.05, 0) is 25.1 Å². The summed E-state index contributed by atoms with van der Waals surface area (Å²) in [5.74, 6) is -2.01. The van der Waals surface area contributed by atoms with Gasteiger partial charge in [-0.3, -0.25) is 19.7 Å². The fourth-order valence-electron chi connectivity index (χ4n) is 2.23. The van der Waals surface area contributed by atoms with Crippen LogP contribution in [0.3, 0.4) is 0 Å². The molecule has 0 saturated carbocycles. The van der Waals surface area contributed by atoms with Crippen LogP contribution in [0.5, 0.6) is 11.5 Å². The SMILES string of the molecule is COc1cc(COC(=O)CNC(=O)c2ccc(C)s2)c([N+](=O)[O-])cc1OC(F)F. The highest BCUT2D eigenvalue weighted by Crippen LogP contribution is 2.36. The standard InChI is InChI=1S/C17H16F2N2O7S/c1-9-3-4-14(29-9)16(23)20-7-15(22)27-8-10-5-12(26-2)13(28-17(18)19)6-11(10)21(24)25/h3-6,17H,7-8H2,1-2H3,(H,20,23). The van der Waals surface area contributed by atoms with Gasteiger partial charge in [0.15, 0.2) is 11.5 Å². The number of thiophene rings is 1. The fourth-order valence-corrected chi connectivity index (χ4v) is 3.01. The van der Waals surface area contributed by atoms with Crippen molar-refractivity contribution in [3.8, 4) is 11.5 Å². The molecule has 0 spiro atoms. The van der Waals surface area contributed by atoms with Crippen molar-refractivity contribution in [1.82, 2.24) is 5.32 Å². The number of esters is 1. The normalized spacial score (nSPS) is 10.5. The maximum absolute atomic E-state index is 12.4. The molecule has 1 aromatic heterocycles. The highest BCUT2D eigenvalue weighted by Gasteiger charge is 2.23. The second kappa shape index (κ2) is 9.78. The minimum Gasteiger partial charge on any atom is -0.493 e. The molecular weight excluding hydrogens is 414 g/mol. The van der Waals surface area contributed by atoms with Gasteiger partial charge in [-0.15, -0.1) is 11.3 Å². The number of nitrogens with zero attached hydrogens (tertiary/aromatic N) is 1. The second-order valence-electron chi connectivity index (χ2n) is 5.52. The summed E-state index contributed by atoms with van der Waals surface area (Å²) in [6.07, 6.45) is 0. The Kier molecular flexibility index (Phi) is 7.42. The van der Waals surface area contributed by atoms with E-state index in [4.69, 9.17) is 9.47 Å². The maximum atomic E-state index is 12.4. The lowest BCUT2D eigenvalue weighted by Gasteiger charge is -2.12. The van der Waals surface area contributed by atoms with Gasteiger partial charge in [0.2, 0.25) is 0 Å². The molecule has 12 heteroatoms. The number of nitrogens with one attached hydrogen (secondary N) is 1. The van der Waals surface area contributed by atoms with Gasteiger partial charge >= 0.3 is 12.6 Å². The summed E-state index contributed by atoms with van der Waals surface area (Å²) in [7, 11) is 1.16. The molecule has 29 heavy (non-hydrogen) atoms. The molecule has 1 N–H and O–H groups in total. The first-order valence-electron chi connectivity index (χ1n) is 8.01. The van der Waals surface area contributed by atoms with Crippen molar-refractivity contribution in [2.45, 2.75) is 20.1 Å². The summed E-state index contributed by atoms with van der Waals surface area (Å²) < 4.78 is 38.9. The second-order valence-corrected chi connectivity index (χ2v) is 6.81. The molecule has 1 amide bonds. The average Bonchev–Trinajstić information content (AvgIpc) is 3.10. The third-order valence-corrected chi connectivity index (χ3v) is 4.52. The van der Waals surface area contributed by atoms with Crippen LogP contribution in [0.4, 0.5) is 14.5 Å². The molecule has 0 bridgehead atoms. The first kappa shape index (κ1) is 22.0. The Labute approximate surface area is 167 Å². The highest BCUT2D eigenvalue weighted by atomic mass is 32.1. The Balaban J connectivity index is 2.03. The van der Waals surface area contributed by atoms with Gasteiger partial charge in [0.05, 0.1) is 28.5 Å². The van der Waals surface area contributed by atoms with Crippen LogP contribution in [0.25, 0.3) is 0 Å². The van der Waals surface area contributed by atoms with Crippen LogP contribution in [0.2, 0.25) is 0 Å². The first-order valence-corrected chi connectivity index (χ1v) is 8.83. The van der Waals surface area contributed by atoms with Crippen LogP contribution < -0.4 is 14.8 Å². The lowest BCUT2D eigenvalue weighted by Crippen LogP contribution is -2.30. The summed E-state index contributed by atoms with van der Waals surface area (Å²) in [6, 6.07) is 5.19. The van der Waals surface area contributed by atoms with Crippen LogP contribution in [0.15, 0.2) is 24.3 Å². The van der Waals surface area contributed by atoms with Crippen molar-refractivity contribution in [3.05, 3.63) is 49.7 Å². The number of aryl methyl sites for hydroxylation is 1. The Morgan fingerprint density at radius 3 is 2.55 bits per heavy atom. The number of rotatable bonds is 9. The number of amides is 1. The van der Waals surface area contributed by atoms with E-state index in [1.165, 1.54) is 11.3 Å². The fraction of sp³-hybridized carbons (Fsp3) is 0.294. The molecule has 0 aliphatic heterocycles. The molecule has 0 atom stereocenters. The zero-order valence-corrected chi connectivity index (χ0v) is 16.1.